The van der Waals surface area contributed by atoms with Crippen LogP contribution < -0.4 is 10.6 Å². The van der Waals surface area contributed by atoms with E-state index >= 15 is 0 Å². The minimum Gasteiger partial charge on any atom is -0.480 e. The predicted octanol–water partition coefficient (Wildman–Crippen LogP) is 1.74. The highest BCUT2D eigenvalue weighted by atomic mass is 19.4. The summed E-state index contributed by atoms with van der Waals surface area (Å²) >= 11 is 0. The van der Waals surface area contributed by atoms with Crippen molar-refractivity contribution in [2.75, 3.05) is 13.1 Å². The lowest BCUT2D eigenvalue weighted by Gasteiger charge is -2.27. The molecule has 1 aliphatic heterocycles. The molecule has 0 radical (unpaired) electrons. The van der Waals surface area contributed by atoms with Gasteiger partial charge < -0.3 is 15.7 Å². The fourth-order valence-corrected chi connectivity index (χ4v) is 3.67. The first-order valence-electron chi connectivity index (χ1n) is 11.0. The number of carboxylic acid groups (broad SMARTS) is 1. The third kappa shape index (κ3) is 6.67. The van der Waals surface area contributed by atoms with Crippen molar-refractivity contribution in [3.8, 4) is 0 Å². The second kappa shape index (κ2) is 11.6. The fourth-order valence-electron chi connectivity index (χ4n) is 3.67. The number of aliphatic carboxylic acids is 1. The minimum absolute atomic E-state index is 0.0831. The van der Waals surface area contributed by atoms with Crippen molar-refractivity contribution in [1.29, 1.82) is 0 Å². The number of carboxylic acids is 1. The van der Waals surface area contributed by atoms with Gasteiger partial charge in [-0.15, -0.1) is 0 Å². The van der Waals surface area contributed by atoms with Gasteiger partial charge >= 0.3 is 12.1 Å². The van der Waals surface area contributed by atoms with Crippen LogP contribution in [0.25, 0.3) is 0 Å². The number of allylic oxidation sites excluding steroid dienone is 1. The molecule has 2 atom stereocenters. The van der Waals surface area contributed by atoms with Crippen LogP contribution in [-0.2, 0) is 20.8 Å². The molecular weight excluding hydrogens is 495 g/mol. The maximum absolute atomic E-state index is 13.2. The molecule has 3 rings (SSSR count). The molecule has 37 heavy (non-hydrogen) atoms. The zero-order valence-electron chi connectivity index (χ0n) is 19.2. The third-order valence-electron chi connectivity index (χ3n) is 5.49. The summed E-state index contributed by atoms with van der Waals surface area (Å²) in [6.45, 7) is -0.695. The number of amides is 3. The molecule has 12 heteroatoms. The number of nitrogens with one attached hydrogen (secondary N) is 2. The number of hydrogen-bond acceptors (Lipinski definition) is 6. The zero-order valence-corrected chi connectivity index (χ0v) is 19.2. The molecular formula is C25H22F3N3O6. The first kappa shape index (κ1) is 27.3. The van der Waals surface area contributed by atoms with Gasteiger partial charge in [0.15, 0.2) is 0 Å². The molecule has 0 spiro atoms. The molecule has 0 fully saturated rings. The Balaban J connectivity index is 1.75. The summed E-state index contributed by atoms with van der Waals surface area (Å²) in [7, 11) is 0. The van der Waals surface area contributed by atoms with E-state index in [0.29, 0.717) is 11.6 Å². The van der Waals surface area contributed by atoms with Gasteiger partial charge in [0.05, 0.1) is 11.1 Å². The molecule has 0 saturated heterocycles. The Kier molecular flexibility index (Phi) is 8.56. The summed E-state index contributed by atoms with van der Waals surface area (Å²) in [6.07, 6.45) is -3.93. The Morgan fingerprint density at radius 2 is 1.51 bits per heavy atom. The second-order valence-electron chi connectivity index (χ2n) is 8.05. The Labute approximate surface area is 208 Å². The summed E-state index contributed by atoms with van der Waals surface area (Å²) in [5.74, 6) is -5.82. The summed E-state index contributed by atoms with van der Waals surface area (Å²) in [4.78, 5) is 62.6. The molecule has 2 aromatic carbocycles. The maximum Gasteiger partial charge on any atom is 0.454 e. The summed E-state index contributed by atoms with van der Waals surface area (Å²) in [6, 6.07) is 11.6. The SMILES string of the molecule is O=C(O)C(CNCC=CC(=O)C(F)(F)F)NC(=O)[C@H](Cc1ccccc1)N1C(=O)c2ccccc2C1=O. The normalized spacial score (nSPS) is 14.9. The number of hydrogen-bond donors (Lipinski definition) is 3. The van der Waals surface area contributed by atoms with Gasteiger partial charge in [-0.3, -0.25) is 24.1 Å². The maximum atomic E-state index is 13.2. The van der Waals surface area contributed by atoms with Crippen molar-refractivity contribution in [3.05, 3.63) is 83.4 Å². The monoisotopic (exact) mass is 517 g/mol. The Bertz CT molecular complexity index is 1190. The number of alkyl halides is 3. The largest absolute Gasteiger partial charge is 0.480 e. The highest BCUT2D eigenvalue weighted by Crippen LogP contribution is 2.26. The van der Waals surface area contributed by atoms with Crippen molar-refractivity contribution in [1.82, 2.24) is 15.5 Å². The van der Waals surface area contributed by atoms with Crippen LogP contribution in [0, 0.1) is 0 Å². The van der Waals surface area contributed by atoms with Gasteiger partial charge in [-0.25, -0.2) is 4.79 Å². The summed E-state index contributed by atoms with van der Waals surface area (Å²) in [5.41, 5.74) is 0.855. The van der Waals surface area contributed by atoms with E-state index in [2.05, 4.69) is 10.6 Å². The van der Waals surface area contributed by atoms with Crippen LogP contribution >= 0.6 is 0 Å². The van der Waals surface area contributed by atoms with Gasteiger partial charge in [0.25, 0.3) is 17.6 Å². The Morgan fingerprint density at radius 3 is 2.05 bits per heavy atom. The van der Waals surface area contributed by atoms with Crippen molar-refractivity contribution < 1.29 is 42.3 Å². The van der Waals surface area contributed by atoms with Crippen LogP contribution in [0.3, 0.4) is 0 Å². The molecule has 0 bridgehead atoms. The average molecular weight is 517 g/mol. The van der Waals surface area contributed by atoms with Crippen LogP contribution in [-0.4, -0.2) is 70.8 Å². The number of ketones is 1. The minimum atomic E-state index is -5.02. The number of carbonyl (C=O) groups is 5. The molecule has 9 nitrogen and oxygen atoms in total. The molecule has 1 aliphatic rings. The van der Waals surface area contributed by atoms with Crippen molar-refractivity contribution in [2.24, 2.45) is 0 Å². The quantitative estimate of drug-likeness (QED) is 0.235. The Morgan fingerprint density at radius 1 is 0.946 bits per heavy atom. The Hall–Kier alpha value is -4.32. The van der Waals surface area contributed by atoms with E-state index in [1.807, 2.05) is 0 Å². The number of fused-ring (bicyclic) bond motifs is 1. The number of nitrogens with zero attached hydrogens (tertiary/aromatic N) is 1. The molecule has 0 saturated carbocycles. The topological polar surface area (TPSA) is 133 Å². The molecule has 3 N–H and O–H groups in total. The number of benzene rings is 2. The molecule has 1 unspecified atom stereocenters. The predicted molar refractivity (Wildman–Crippen MR) is 124 cm³/mol. The molecule has 194 valence electrons. The van der Waals surface area contributed by atoms with Crippen LogP contribution in [0.5, 0.6) is 0 Å². The lowest BCUT2D eigenvalue weighted by molar-refractivity contribution is -0.165. The third-order valence-corrected chi connectivity index (χ3v) is 5.49. The first-order valence-corrected chi connectivity index (χ1v) is 11.0. The van der Waals surface area contributed by atoms with Crippen LogP contribution in [0.2, 0.25) is 0 Å². The smallest absolute Gasteiger partial charge is 0.454 e. The van der Waals surface area contributed by atoms with E-state index in [1.165, 1.54) is 12.1 Å². The van der Waals surface area contributed by atoms with Gasteiger partial charge in [-0.1, -0.05) is 48.5 Å². The van der Waals surface area contributed by atoms with Gasteiger partial charge in [0.2, 0.25) is 5.91 Å². The van der Waals surface area contributed by atoms with Crippen molar-refractivity contribution in [3.63, 3.8) is 0 Å². The van der Waals surface area contributed by atoms with E-state index in [-0.39, 0.29) is 24.1 Å². The molecule has 3 amide bonds. The lowest BCUT2D eigenvalue weighted by Crippen LogP contribution is -2.56. The molecule has 2 aromatic rings. The number of carbonyl (C=O) groups excluding carboxylic acids is 4. The van der Waals surface area contributed by atoms with Crippen LogP contribution in [0.15, 0.2) is 66.7 Å². The number of rotatable bonds is 11. The second-order valence-corrected chi connectivity index (χ2v) is 8.05. The van der Waals surface area contributed by atoms with E-state index < -0.39 is 54.3 Å². The fraction of sp³-hybridized carbons (Fsp3) is 0.240. The number of halogens is 3. The average Bonchev–Trinajstić information content (AvgIpc) is 3.11. The van der Waals surface area contributed by atoms with Crippen molar-refractivity contribution >= 4 is 29.5 Å². The highest BCUT2D eigenvalue weighted by molar-refractivity contribution is 6.22. The van der Waals surface area contributed by atoms with E-state index in [0.717, 1.165) is 11.0 Å². The van der Waals surface area contributed by atoms with Gasteiger partial charge in [-0.2, -0.15) is 13.2 Å². The number of imide groups is 1. The van der Waals surface area contributed by atoms with Gasteiger partial charge in [0.1, 0.15) is 12.1 Å². The van der Waals surface area contributed by atoms with Crippen LogP contribution in [0.4, 0.5) is 13.2 Å². The van der Waals surface area contributed by atoms with Crippen LogP contribution in [0.1, 0.15) is 26.3 Å². The first-order chi connectivity index (χ1) is 17.5. The van der Waals surface area contributed by atoms with E-state index in [9.17, 15) is 42.3 Å². The zero-order chi connectivity index (χ0) is 27.2. The molecule has 1 heterocycles. The summed E-state index contributed by atoms with van der Waals surface area (Å²) < 4.78 is 36.7. The van der Waals surface area contributed by atoms with Gasteiger partial charge in [-0.05, 0) is 23.8 Å². The standard InChI is InChI=1S/C25H22F3N3O6/c26-25(27,28)20(32)11-6-12-29-14-18(24(36)37)30-21(33)19(13-15-7-2-1-3-8-15)31-22(34)16-9-4-5-10-17(16)23(31)35/h1-11,18-19,29H,12-14H2,(H,30,33)(H,36,37)/t18?,19-/m0/s1. The van der Waals surface area contributed by atoms with Gasteiger partial charge in [0, 0.05) is 19.5 Å². The molecule has 0 aliphatic carbocycles. The summed E-state index contributed by atoms with van der Waals surface area (Å²) in [5, 5.41) is 14.3. The molecule has 0 aromatic heterocycles. The highest BCUT2D eigenvalue weighted by Gasteiger charge is 2.43. The van der Waals surface area contributed by atoms with E-state index in [4.69, 9.17) is 0 Å². The van der Waals surface area contributed by atoms with Crippen molar-refractivity contribution in [2.45, 2.75) is 24.7 Å². The van der Waals surface area contributed by atoms with E-state index in [1.54, 1.807) is 42.5 Å². The lowest BCUT2D eigenvalue weighted by atomic mass is 10.0.